The molecule has 0 spiro atoms. The predicted octanol–water partition coefficient (Wildman–Crippen LogP) is 2.39. The second-order valence-corrected chi connectivity index (χ2v) is 6.42. The molecule has 1 saturated heterocycles. The third-order valence-electron chi connectivity index (χ3n) is 4.04. The Morgan fingerprint density at radius 1 is 1.25 bits per heavy atom. The van der Waals surface area contributed by atoms with Crippen molar-refractivity contribution >= 4 is 15.9 Å². The quantitative estimate of drug-likeness (QED) is 0.917. The van der Waals surface area contributed by atoms with E-state index in [1.807, 2.05) is 6.07 Å². The molecule has 2 aliphatic rings. The Kier molecular flexibility index (Phi) is 4.48. The highest BCUT2D eigenvalue weighted by molar-refractivity contribution is 9.10. The van der Waals surface area contributed by atoms with E-state index in [-0.39, 0.29) is 0 Å². The largest absolute Gasteiger partial charge is 0.486 e. The Hall–Kier alpha value is -0.780. The van der Waals surface area contributed by atoms with Crippen LogP contribution in [0.25, 0.3) is 0 Å². The van der Waals surface area contributed by atoms with Crippen molar-refractivity contribution in [3.63, 3.8) is 0 Å². The normalized spacial score (nSPS) is 22.8. The lowest BCUT2D eigenvalue weighted by atomic mass is 9.98. The van der Waals surface area contributed by atoms with Crippen LogP contribution in [0.2, 0.25) is 0 Å². The first-order chi connectivity index (χ1) is 9.76. The molecule has 1 unspecified atom stereocenters. The van der Waals surface area contributed by atoms with E-state index in [4.69, 9.17) is 15.2 Å². The first-order valence-electron chi connectivity index (χ1n) is 7.26. The van der Waals surface area contributed by atoms with Gasteiger partial charge in [-0.2, -0.15) is 0 Å². The third kappa shape index (κ3) is 3.10. The van der Waals surface area contributed by atoms with Crippen LogP contribution in [0.4, 0.5) is 0 Å². The topological polar surface area (TPSA) is 47.7 Å². The lowest BCUT2D eigenvalue weighted by Crippen LogP contribution is -2.37. The zero-order chi connectivity index (χ0) is 13.9. The Labute approximate surface area is 128 Å². The number of nitrogens with zero attached hydrogens (tertiary/aromatic N) is 1. The minimum absolute atomic E-state index is 0.628. The van der Waals surface area contributed by atoms with Crippen molar-refractivity contribution < 1.29 is 9.47 Å². The summed E-state index contributed by atoms with van der Waals surface area (Å²) in [5.74, 6) is 2.34. The fourth-order valence-corrected chi connectivity index (χ4v) is 3.40. The second-order valence-electron chi connectivity index (χ2n) is 5.57. The number of halogens is 1. The van der Waals surface area contributed by atoms with Gasteiger partial charge in [-0.1, -0.05) is 15.9 Å². The summed E-state index contributed by atoms with van der Waals surface area (Å²) in [6, 6.07) is 4.12. The Bertz CT molecular complexity index is 481. The highest BCUT2D eigenvalue weighted by atomic mass is 79.9. The highest BCUT2D eigenvalue weighted by Crippen LogP contribution is 2.36. The molecule has 2 aliphatic heterocycles. The average molecular weight is 341 g/mol. The molecule has 1 fully saturated rings. The molecule has 1 atom stereocenters. The summed E-state index contributed by atoms with van der Waals surface area (Å²) in [4.78, 5) is 2.48. The lowest BCUT2D eigenvalue weighted by molar-refractivity contribution is 0.165. The molecule has 20 heavy (non-hydrogen) atoms. The van der Waals surface area contributed by atoms with Crippen LogP contribution in [0.3, 0.4) is 0 Å². The van der Waals surface area contributed by atoms with Gasteiger partial charge in [-0.3, -0.25) is 4.90 Å². The van der Waals surface area contributed by atoms with Crippen LogP contribution in [0.5, 0.6) is 11.5 Å². The van der Waals surface area contributed by atoms with E-state index in [1.165, 1.54) is 18.4 Å². The Morgan fingerprint density at radius 3 is 2.75 bits per heavy atom. The summed E-state index contributed by atoms with van der Waals surface area (Å²) < 4.78 is 12.4. The molecule has 0 saturated carbocycles. The molecule has 0 amide bonds. The van der Waals surface area contributed by atoms with Gasteiger partial charge in [0.2, 0.25) is 0 Å². The average Bonchev–Trinajstić information content (AvgIpc) is 2.48. The van der Waals surface area contributed by atoms with Gasteiger partial charge in [0.1, 0.15) is 13.2 Å². The van der Waals surface area contributed by atoms with Gasteiger partial charge in [0, 0.05) is 17.6 Å². The molecule has 2 heterocycles. The van der Waals surface area contributed by atoms with Crippen molar-refractivity contribution in [1.29, 1.82) is 0 Å². The van der Waals surface area contributed by atoms with E-state index in [9.17, 15) is 0 Å². The van der Waals surface area contributed by atoms with Crippen molar-refractivity contribution in [1.82, 2.24) is 4.90 Å². The van der Waals surface area contributed by atoms with Gasteiger partial charge < -0.3 is 15.2 Å². The van der Waals surface area contributed by atoms with Gasteiger partial charge in [-0.25, -0.2) is 0 Å². The van der Waals surface area contributed by atoms with Crippen molar-refractivity contribution in [2.24, 2.45) is 11.7 Å². The first-order valence-corrected chi connectivity index (χ1v) is 8.06. The minimum atomic E-state index is 0.628. The number of hydrogen-bond donors (Lipinski definition) is 1. The van der Waals surface area contributed by atoms with E-state index in [0.29, 0.717) is 19.1 Å². The zero-order valence-electron chi connectivity index (χ0n) is 11.6. The van der Waals surface area contributed by atoms with Gasteiger partial charge in [0.05, 0.1) is 0 Å². The molecule has 0 aromatic heterocycles. The number of ether oxygens (including phenoxy) is 2. The SMILES string of the molecule is NCC1CCCN(Cc2cc3c(cc2Br)OCCO3)C1. The Balaban J connectivity index is 1.73. The molecule has 3 rings (SSSR count). The molecular formula is C15H21BrN2O2. The number of nitrogens with two attached hydrogens (primary N) is 1. The highest BCUT2D eigenvalue weighted by Gasteiger charge is 2.21. The van der Waals surface area contributed by atoms with E-state index < -0.39 is 0 Å². The summed E-state index contributed by atoms with van der Waals surface area (Å²) in [6.45, 7) is 5.23. The van der Waals surface area contributed by atoms with Crippen molar-refractivity contribution in [3.05, 3.63) is 22.2 Å². The zero-order valence-corrected chi connectivity index (χ0v) is 13.2. The van der Waals surface area contributed by atoms with Crippen LogP contribution in [0, 0.1) is 5.92 Å². The van der Waals surface area contributed by atoms with E-state index in [0.717, 1.165) is 42.2 Å². The van der Waals surface area contributed by atoms with Crippen LogP contribution in [-0.4, -0.2) is 37.7 Å². The molecule has 5 heteroatoms. The molecule has 110 valence electrons. The Morgan fingerprint density at radius 2 is 2.00 bits per heavy atom. The molecular weight excluding hydrogens is 320 g/mol. The van der Waals surface area contributed by atoms with Crippen molar-refractivity contribution in [2.45, 2.75) is 19.4 Å². The maximum Gasteiger partial charge on any atom is 0.162 e. The monoisotopic (exact) mass is 340 g/mol. The number of hydrogen-bond acceptors (Lipinski definition) is 4. The molecule has 1 aromatic carbocycles. The summed E-state index contributed by atoms with van der Waals surface area (Å²) >= 11 is 3.65. The molecule has 1 aromatic rings. The van der Waals surface area contributed by atoms with Gasteiger partial charge in [0.25, 0.3) is 0 Å². The maximum atomic E-state index is 5.81. The predicted molar refractivity (Wildman–Crippen MR) is 82.2 cm³/mol. The summed E-state index contributed by atoms with van der Waals surface area (Å²) in [5.41, 5.74) is 7.06. The fraction of sp³-hybridized carbons (Fsp3) is 0.600. The van der Waals surface area contributed by atoms with Gasteiger partial charge in [-0.15, -0.1) is 0 Å². The van der Waals surface area contributed by atoms with Crippen LogP contribution in [0.1, 0.15) is 18.4 Å². The second kappa shape index (κ2) is 6.33. The number of likely N-dealkylation sites (tertiary alicyclic amines) is 1. The van der Waals surface area contributed by atoms with Crippen LogP contribution < -0.4 is 15.2 Å². The van der Waals surface area contributed by atoms with Crippen LogP contribution in [0.15, 0.2) is 16.6 Å². The molecule has 0 radical (unpaired) electrons. The fourth-order valence-electron chi connectivity index (χ4n) is 2.96. The smallest absolute Gasteiger partial charge is 0.162 e. The van der Waals surface area contributed by atoms with E-state index in [1.54, 1.807) is 0 Å². The number of rotatable bonds is 3. The number of piperidine rings is 1. The molecule has 0 bridgehead atoms. The molecule has 4 nitrogen and oxygen atoms in total. The van der Waals surface area contributed by atoms with Gasteiger partial charge >= 0.3 is 0 Å². The molecule has 0 aliphatic carbocycles. The summed E-state index contributed by atoms with van der Waals surface area (Å²) in [6.07, 6.45) is 2.50. The van der Waals surface area contributed by atoms with E-state index in [2.05, 4.69) is 26.9 Å². The first kappa shape index (κ1) is 14.2. The van der Waals surface area contributed by atoms with Crippen LogP contribution in [-0.2, 0) is 6.54 Å². The molecule has 2 N–H and O–H groups in total. The summed E-state index contributed by atoms with van der Waals surface area (Å²) in [7, 11) is 0. The minimum Gasteiger partial charge on any atom is -0.486 e. The van der Waals surface area contributed by atoms with Crippen molar-refractivity contribution in [2.75, 3.05) is 32.8 Å². The summed E-state index contributed by atoms with van der Waals surface area (Å²) in [5, 5.41) is 0. The number of benzene rings is 1. The van der Waals surface area contributed by atoms with Gasteiger partial charge in [0.15, 0.2) is 11.5 Å². The number of fused-ring (bicyclic) bond motifs is 1. The third-order valence-corrected chi connectivity index (χ3v) is 4.78. The van der Waals surface area contributed by atoms with Crippen molar-refractivity contribution in [3.8, 4) is 11.5 Å². The van der Waals surface area contributed by atoms with E-state index >= 15 is 0 Å². The van der Waals surface area contributed by atoms with Crippen LogP contribution >= 0.6 is 15.9 Å². The lowest BCUT2D eigenvalue weighted by Gasteiger charge is -2.32. The maximum absolute atomic E-state index is 5.81. The van der Waals surface area contributed by atoms with Gasteiger partial charge in [-0.05, 0) is 49.5 Å². The standard InChI is InChI=1S/C15H21BrN2O2/c16-13-7-15-14(19-4-5-20-15)6-12(13)10-18-3-1-2-11(8-17)9-18/h6-7,11H,1-5,8-10,17H2.